The summed E-state index contributed by atoms with van der Waals surface area (Å²) in [5.74, 6) is 0.455. The second kappa shape index (κ2) is 5.52. The minimum Gasteiger partial charge on any atom is -0.335 e. The molecule has 1 aromatic carbocycles. The molecule has 0 radical (unpaired) electrons. The fourth-order valence-corrected chi connectivity index (χ4v) is 2.96. The predicted octanol–water partition coefficient (Wildman–Crippen LogP) is 2.17. The Bertz CT molecular complexity index is 501. The van der Waals surface area contributed by atoms with Crippen LogP contribution in [0.4, 0.5) is 4.39 Å². The summed E-state index contributed by atoms with van der Waals surface area (Å²) in [7, 11) is 0. The molecular weight excluding hydrogens is 255 g/mol. The molecule has 0 aromatic heterocycles. The minimum absolute atomic E-state index is 0.0733. The number of nitrogens with one attached hydrogen (secondary N) is 1. The smallest absolute Gasteiger partial charge is 0.227 e. The van der Waals surface area contributed by atoms with E-state index in [4.69, 9.17) is 0 Å². The van der Waals surface area contributed by atoms with Gasteiger partial charge in [-0.25, -0.2) is 4.39 Å². The Morgan fingerprint density at radius 2 is 2.20 bits per heavy atom. The maximum atomic E-state index is 13.3. The molecule has 1 aliphatic heterocycles. The third-order valence-corrected chi connectivity index (χ3v) is 4.35. The molecule has 0 bridgehead atoms. The van der Waals surface area contributed by atoms with Crippen molar-refractivity contribution in [2.45, 2.75) is 32.4 Å². The molecule has 20 heavy (non-hydrogen) atoms. The zero-order valence-electron chi connectivity index (χ0n) is 11.8. The zero-order chi connectivity index (χ0) is 14.1. The van der Waals surface area contributed by atoms with Gasteiger partial charge in [-0.1, -0.05) is 19.1 Å². The number of benzene rings is 1. The first-order valence-electron chi connectivity index (χ1n) is 7.41. The van der Waals surface area contributed by atoms with E-state index in [0.29, 0.717) is 18.5 Å². The molecule has 0 unspecified atom stereocenters. The van der Waals surface area contributed by atoms with Crippen molar-refractivity contribution < 1.29 is 9.18 Å². The van der Waals surface area contributed by atoms with Gasteiger partial charge in [0.15, 0.2) is 0 Å². The van der Waals surface area contributed by atoms with E-state index in [1.807, 2.05) is 11.0 Å². The van der Waals surface area contributed by atoms with Crippen molar-refractivity contribution in [3.05, 3.63) is 35.6 Å². The average Bonchev–Trinajstić information content (AvgIpc) is 3.17. The second-order valence-corrected chi connectivity index (χ2v) is 6.07. The normalized spacial score (nSPS) is 25.7. The topological polar surface area (TPSA) is 32.3 Å². The molecule has 1 aliphatic carbocycles. The summed E-state index contributed by atoms with van der Waals surface area (Å²) in [6, 6.07) is 6.93. The standard InChI is InChI=1S/C16H21FN2O/c1-11-8-18-9-15(11)16(20)19(14-5-6-14)10-12-3-2-4-13(17)7-12/h2-4,7,11,14-15,18H,5-6,8-10H2,1H3/t11-,15-/m1/s1. The summed E-state index contributed by atoms with van der Waals surface area (Å²) in [5.41, 5.74) is 0.879. The van der Waals surface area contributed by atoms with Crippen LogP contribution in [-0.2, 0) is 11.3 Å². The van der Waals surface area contributed by atoms with Gasteiger partial charge in [-0.2, -0.15) is 0 Å². The molecule has 4 heteroatoms. The van der Waals surface area contributed by atoms with E-state index >= 15 is 0 Å². The van der Waals surface area contributed by atoms with Gasteiger partial charge in [0.05, 0.1) is 5.92 Å². The first-order chi connectivity index (χ1) is 9.65. The van der Waals surface area contributed by atoms with Crippen molar-refractivity contribution in [1.82, 2.24) is 10.2 Å². The Morgan fingerprint density at radius 1 is 1.40 bits per heavy atom. The molecule has 0 spiro atoms. The van der Waals surface area contributed by atoms with Gasteiger partial charge in [-0.05, 0) is 43.0 Å². The van der Waals surface area contributed by atoms with Crippen LogP contribution in [0.3, 0.4) is 0 Å². The quantitative estimate of drug-likeness (QED) is 0.914. The summed E-state index contributed by atoms with van der Waals surface area (Å²) in [6.07, 6.45) is 2.16. The summed E-state index contributed by atoms with van der Waals surface area (Å²) in [6.45, 7) is 4.33. The van der Waals surface area contributed by atoms with Crippen LogP contribution in [0.5, 0.6) is 0 Å². The highest BCUT2D eigenvalue weighted by atomic mass is 19.1. The SMILES string of the molecule is C[C@@H]1CNC[C@H]1C(=O)N(Cc1cccc(F)c1)C1CC1. The molecular formula is C16H21FN2O. The van der Waals surface area contributed by atoms with Gasteiger partial charge in [0.25, 0.3) is 0 Å². The highest BCUT2D eigenvalue weighted by Crippen LogP contribution is 2.31. The molecule has 1 saturated heterocycles. The largest absolute Gasteiger partial charge is 0.335 e. The number of carbonyl (C=O) groups excluding carboxylic acids is 1. The van der Waals surface area contributed by atoms with Crippen LogP contribution in [0.25, 0.3) is 0 Å². The first-order valence-corrected chi connectivity index (χ1v) is 7.41. The van der Waals surface area contributed by atoms with Gasteiger partial charge >= 0.3 is 0 Å². The Balaban J connectivity index is 1.74. The number of rotatable bonds is 4. The van der Waals surface area contributed by atoms with Crippen LogP contribution >= 0.6 is 0 Å². The molecule has 2 atom stereocenters. The Labute approximate surface area is 119 Å². The molecule has 1 saturated carbocycles. The van der Waals surface area contributed by atoms with Crippen molar-refractivity contribution in [1.29, 1.82) is 0 Å². The highest BCUT2D eigenvalue weighted by molar-refractivity contribution is 5.80. The van der Waals surface area contributed by atoms with E-state index < -0.39 is 0 Å². The molecule has 2 fully saturated rings. The molecule has 2 aliphatic rings. The van der Waals surface area contributed by atoms with E-state index in [2.05, 4.69) is 12.2 Å². The lowest BCUT2D eigenvalue weighted by Gasteiger charge is -2.27. The van der Waals surface area contributed by atoms with Crippen LogP contribution in [-0.4, -0.2) is 29.9 Å². The number of halogens is 1. The molecule has 1 amide bonds. The Kier molecular flexibility index (Phi) is 3.74. The lowest BCUT2D eigenvalue weighted by atomic mass is 9.96. The molecule has 1 heterocycles. The fourth-order valence-electron chi connectivity index (χ4n) is 2.96. The third-order valence-electron chi connectivity index (χ3n) is 4.35. The van der Waals surface area contributed by atoms with E-state index in [9.17, 15) is 9.18 Å². The van der Waals surface area contributed by atoms with E-state index in [1.165, 1.54) is 12.1 Å². The first kappa shape index (κ1) is 13.6. The molecule has 1 aromatic rings. The van der Waals surface area contributed by atoms with Crippen LogP contribution in [0.2, 0.25) is 0 Å². The Morgan fingerprint density at radius 3 is 2.80 bits per heavy atom. The highest BCUT2D eigenvalue weighted by Gasteiger charge is 2.39. The van der Waals surface area contributed by atoms with Crippen LogP contribution < -0.4 is 5.32 Å². The van der Waals surface area contributed by atoms with Crippen LogP contribution in [0.1, 0.15) is 25.3 Å². The summed E-state index contributed by atoms with van der Waals surface area (Å²) >= 11 is 0. The summed E-state index contributed by atoms with van der Waals surface area (Å²) in [5, 5.41) is 3.28. The average molecular weight is 276 g/mol. The molecule has 3 rings (SSSR count). The third kappa shape index (κ3) is 2.85. The number of carbonyl (C=O) groups is 1. The van der Waals surface area contributed by atoms with Gasteiger partial charge < -0.3 is 10.2 Å². The van der Waals surface area contributed by atoms with Crippen molar-refractivity contribution in [3.63, 3.8) is 0 Å². The molecule has 1 N–H and O–H groups in total. The lowest BCUT2D eigenvalue weighted by Crippen LogP contribution is -2.39. The van der Waals surface area contributed by atoms with E-state index in [1.54, 1.807) is 6.07 Å². The fraction of sp³-hybridized carbons (Fsp3) is 0.562. The number of nitrogens with zero attached hydrogens (tertiary/aromatic N) is 1. The number of hydrogen-bond acceptors (Lipinski definition) is 2. The second-order valence-electron chi connectivity index (χ2n) is 6.07. The van der Waals surface area contributed by atoms with Crippen molar-refractivity contribution in [3.8, 4) is 0 Å². The van der Waals surface area contributed by atoms with E-state index in [0.717, 1.165) is 31.5 Å². The van der Waals surface area contributed by atoms with Gasteiger partial charge in [-0.3, -0.25) is 4.79 Å². The van der Waals surface area contributed by atoms with Crippen LogP contribution in [0, 0.1) is 17.7 Å². The van der Waals surface area contributed by atoms with Crippen molar-refractivity contribution in [2.24, 2.45) is 11.8 Å². The van der Waals surface area contributed by atoms with Crippen molar-refractivity contribution >= 4 is 5.91 Å². The van der Waals surface area contributed by atoms with E-state index in [-0.39, 0.29) is 17.6 Å². The minimum atomic E-state index is -0.235. The summed E-state index contributed by atoms with van der Waals surface area (Å²) in [4.78, 5) is 14.7. The molecule has 108 valence electrons. The number of hydrogen-bond donors (Lipinski definition) is 1. The zero-order valence-corrected chi connectivity index (χ0v) is 11.8. The summed E-state index contributed by atoms with van der Waals surface area (Å²) < 4.78 is 13.3. The van der Waals surface area contributed by atoms with Gasteiger partial charge in [0.1, 0.15) is 5.82 Å². The predicted molar refractivity (Wildman–Crippen MR) is 75.5 cm³/mol. The molecule has 3 nitrogen and oxygen atoms in total. The maximum Gasteiger partial charge on any atom is 0.227 e. The van der Waals surface area contributed by atoms with Gasteiger partial charge in [0.2, 0.25) is 5.91 Å². The Hall–Kier alpha value is -1.42. The number of amides is 1. The maximum absolute atomic E-state index is 13.3. The van der Waals surface area contributed by atoms with Gasteiger partial charge in [-0.15, -0.1) is 0 Å². The van der Waals surface area contributed by atoms with Crippen LogP contribution in [0.15, 0.2) is 24.3 Å². The van der Waals surface area contributed by atoms with Gasteiger partial charge in [0, 0.05) is 19.1 Å². The lowest BCUT2D eigenvalue weighted by molar-refractivity contribution is -0.137. The monoisotopic (exact) mass is 276 g/mol. The van der Waals surface area contributed by atoms with Crippen molar-refractivity contribution in [2.75, 3.05) is 13.1 Å².